The molecular weight excluding hydrogens is 456 g/mol. The third kappa shape index (κ3) is 6.76. The second kappa shape index (κ2) is 11.8. The molecule has 0 aliphatic carbocycles. The molecular formula is C25H28N2O4S2. The van der Waals surface area contributed by atoms with Gasteiger partial charge in [-0.05, 0) is 42.3 Å². The van der Waals surface area contributed by atoms with Crippen LogP contribution in [0.5, 0.6) is 5.75 Å². The largest absolute Gasteiger partial charge is 0.495 e. The number of sulfonamides is 1. The van der Waals surface area contributed by atoms with E-state index in [0.717, 1.165) is 21.4 Å². The molecule has 174 valence electrons. The van der Waals surface area contributed by atoms with Crippen LogP contribution < -0.4 is 14.4 Å². The molecule has 0 bridgehead atoms. The lowest BCUT2D eigenvalue weighted by Crippen LogP contribution is -2.41. The summed E-state index contributed by atoms with van der Waals surface area (Å²) in [5.74, 6) is 1.58. The van der Waals surface area contributed by atoms with Gasteiger partial charge in [-0.3, -0.25) is 9.10 Å². The molecule has 8 heteroatoms. The molecule has 0 saturated carbocycles. The number of carbonyl (C=O) groups is 1. The number of amides is 1. The highest BCUT2D eigenvalue weighted by Crippen LogP contribution is 2.33. The lowest BCUT2D eigenvalue weighted by molar-refractivity contribution is -0.119. The number of methoxy groups -OCH3 is 1. The van der Waals surface area contributed by atoms with Gasteiger partial charge in [-0.2, -0.15) is 11.8 Å². The van der Waals surface area contributed by atoms with Gasteiger partial charge in [0.2, 0.25) is 5.91 Å². The van der Waals surface area contributed by atoms with E-state index in [4.69, 9.17) is 4.74 Å². The van der Waals surface area contributed by atoms with Crippen molar-refractivity contribution in [3.8, 4) is 5.75 Å². The van der Waals surface area contributed by atoms with Crippen LogP contribution in [0.15, 0.2) is 83.8 Å². The first-order chi connectivity index (χ1) is 15.9. The topological polar surface area (TPSA) is 75.7 Å². The molecule has 0 atom stereocenters. The minimum atomic E-state index is -3.98. The Bertz CT molecular complexity index is 1150. The predicted molar refractivity (Wildman–Crippen MR) is 134 cm³/mol. The molecule has 0 heterocycles. The van der Waals surface area contributed by atoms with Crippen LogP contribution in [0.25, 0.3) is 0 Å². The van der Waals surface area contributed by atoms with Crippen LogP contribution in [0, 0.1) is 6.92 Å². The van der Waals surface area contributed by atoms with Gasteiger partial charge >= 0.3 is 0 Å². The van der Waals surface area contributed by atoms with Gasteiger partial charge in [-0.15, -0.1) is 0 Å². The zero-order valence-electron chi connectivity index (χ0n) is 18.7. The quantitative estimate of drug-likeness (QED) is 0.412. The summed E-state index contributed by atoms with van der Waals surface area (Å²) >= 11 is 1.71. The number of thioether (sulfide) groups is 1. The standard InChI is InChI=1S/C25H28N2O4S2/c1-20-13-14-24(31-2)23(17-20)27(33(29,30)22-11-7-4-8-12-22)18-25(28)26-15-16-32-19-21-9-5-3-6-10-21/h3-14,17H,15-16,18-19H2,1-2H3,(H,26,28). The number of hydrogen-bond acceptors (Lipinski definition) is 5. The lowest BCUT2D eigenvalue weighted by atomic mass is 10.2. The second-order valence-electron chi connectivity index (χ2n) is 7.39. The first-order valence-electron chi connectivity index (χ1n) is 10.5. The highest BCUT2D eigenvalue weighted by molar-refractivity contribution is 7.98. The first-order valence-corrected chi connectivity index (χ1v) is 13.1. The van der Waals surface area contributed by atoms with Gasteiger partial charge in [-0.25, -0.2) is 8.42 Å². The van der Waals surface area contributed by atoms with Gasteiger partial charge in [0.05, 0.1) is 17.7 Å². The van der Waals surface area contributed by atoms with E-state index in [2.05, 4.69) is 17.4 Å². The van der Waals surface area contributed by atoms with Crippen molar-refractivity contribution in [2.75, 3.05) is 30.3 Å². The zero-order valence-corrected chi connectivity index (χ0v) is 20.4. The van der Waals surface area contributed by atoms with Crippen molar-refractivity contribution in [1.29, 1.82) is 0 Å². The monoisotopic (exact) mass is 484 g/mol. The minimum Gasteiger partial charge on any atom is -0.495 e. The van der Waals surface area contributed by atoms with E-state index in [0.29, 0.717) is 18.0 Å². The summed E-state index contributed by atoms with van der Waals surface area (Å²) in [6.45, 7) is 1.96. The maximum atomic E-state index is 13.5. The van der Waals surface area contributed by atoms with E-state index in [9.17, 15) is 13.2 Å². The maximum absolute atomic E-state index is 13.5. The number of nitrogens with one attached hydrogen (secondary N) is 1. The third-order valence-corrected chi connectivity index (χ3v) is 7.71. The molecule has 1 N–H and O–H groups in total. The minimum absolute atomic E-state index is 0.111. The number of carbonyl (C=O) groups excluding carboxylic acids is 1. The van der Waals surface area contributed by atoms with Crippen molar-refractivity contribution >= 4 is 33.4 Å². The summed E-state index contributed by atoms with van der Waals surface area (Å²) in [4.78, 5) is 12.9. The summed E-state index contributed by atoms with van der Waals surface area (Å²) in [5, 5.41) is 2.84. The summed E-state index contributed by atoms with van der Waals surface area (Å²) < 4.78 is 33.5. The number of anilines is 1. The normalized spacial score (nSPS) is 11.1. The SMILES string of the molecule is COc1ccc(C)cc1N(CC(=O)NCCSCc1ccccc1)S(=O)(=O)c1ccccc1. The molecule has 3 aromatic rings. The number of ether oxygens (including phenoxy) is 1. The summed E-state index contributed by atoms with van der Waals surface area (Å²) in [6, 6.07) is 23.4. The summed E-state index contributed by atoms with van der Waals surface area (Å²) in [5.41, 5.74) is 2.41. The fourth-order valence-corrected chi connectivity index (χ4v) is 5.49. The van der Waals surface area contributed by atoms with Gasteiger partial charge in [0.1, 0.15) is 12.3 Å². The van der Waals surface area contributed by atoms with Crippen LogP contribution in [0.1, 0.15) is 11.1 Å². The molecule has 0 aliphatic rings. The number of benzene rings is 3. The molecule has 3 aromatic carbocycles. The Balaban J connectivity index is 1.72. The van der Waals surface area contributed by atoms with Crippen LogP contribution in [-0.4, -0.2) is 40.3 Å². The van der Waals surface area contributed by atoms with Gasteiger partial charge in [0.25, 0.3) is 10.0 Å². The Morgan fingerprint density at radius 3 is 2.33 bits per heavy atom. The molecule has 0 radical (unpaired) electrons. The highest BCUT2D eigenvalue weighted by atomic mass is 32.2. The van der Waals surface area contributed by atoms with E-state index < -0.39 is 10.0 Å². The second-order valence-corrected chi connectivity index (χ2v) is 10.4. The average molecular weight is 485 g/mol. The summed E-state index contributed by atoms with van der Waals surface area (Å²) in [6.07, 6.45) is 0. The fraction of sp³-hybridized carbons (Fsp3) is 0.240. The number of rotatable bonds is 11. The Morgan fingerprint density at radius 2 is 1.67 bits per heavy atom. The van der Waals surface area contributed by atoms with Gasteiger partial charge in [0, 0.05) is 18.1 Å². The molecule has 3 rings (SSSR count). The molecule has 0 spiro atoms. The first kappa shape index (κ1) is 24.7. The maximum Gasteiger partial charge on any atom is 0.264 e. The molecule has 6 nitrogen and oxygen atoms in total. The van der Waals surface area contributed by atoms with E-state index in [1.807, 2.05) is 31.2 Å². The molecule has 0 saturated heterocycles. The number of aryl methyl sites for hydroxylation is 1. The fourth-order valence-electron chi connectivity index (χ4n) is 3.23. The predicted octanol–water partition coefficient (Wildman–Crippen LogP) is 4.25. The Kier molecular flexibility index (Phi) is 8.79. The van der Waals surface area contributed by atoms with E-state index in [-0.39, 0.29) is 17.3 Å². The van der Waals surface area contributed by atoms with Crippen molar-refractivity contribution in [1.82, 2.24) is 5.32 Å². The molecule has 1 amide bonds. The Hall–Kier alpha value is -2.97. The van der Waals surface area contributed by atoms with Crippen molar-refractivity contribution in [3.63, 3.8) is 0 Å². The molecule has 0 unspecified atom stereocenters. The van der Waals surface area contributed by atoms with E-state index >= 15 is 0 Å². The third-order valence-electron chi connectivity index (χ3n) is 4.90. The number of nitrogens with zero attached hydrogens (tertiary/aromatic N) is 1. The lowest BCUT2D eigenvalue weighted by Gasteiger charge is -2.26. The number of hydrogen-bond donors (Lipinski definition) is 1. The molecule has 0 aliphatic heterocycles. The van der Waals surface area contributed by atoms with Crippen LogP contribution in [0.3, 0.4) is 0 Å². The van der Waals surface area contributed by atoms with E-state index in [1.54, 1.807) is 42.1 Å². The van der Waals surface area contributed by atoms with Crippen LogP contribution in [-0.2, 0) is 20.6 Å². The van der Waals surface area contributed by atoms with Crippen LogP contribution in [0.2, 0.25) is 0 Å². The highest BCUT2D eigenvalue weighted by Gasteiger charge is 2.29. The molecule has 33 heavy (non-hydrogen) atoms. The van der Waals surface area contributed by atoms with Crippen LogP contribution in [0.4, 0.5) is 5.69 Å². The smallest absolute Gasteiger partial charge is 0.264 e. The Labute approximate surface area is 200 Å². The van der Waals surface area contributed by atoms with Crippen molar-refractivity contribution in [2.45, 2.75) is 17.6 Å². The van der Waals surface area contributed by atoms with Gasteiger partial charge < -0.3 is 10.1 Å². The average Bonchev–Trinajstić information content (AvgIpc) is 2.83. The van der Waals surface area contributed by atoms with Gasteiger partial charge in [0.15, 0.2) is 0 Å². The summed E-state index contributed by atoms with van der Waals surface area (Å²) in [7, 11) is -2.50. The van der Waals surface area contributed by atoms with Crippen molar-refractivity contribution < 1.29 is 17.9 Å². The van der Waals surface area contributed by atoms with Crippen LogP contribution >= 0.6 is 11.8 Å². The zero-order chi connectivity index (χ0) is 23.7. The Morgan fingerprint density at radius 1 is 1.00 bits per heavy atom. The van der Waals surface area contributed by atoms with Gasteiger partial charge in [-0.1, -0.05) is 54.6 Å². The van der Waals surface area contributed by atoms with Crippen molar-refractivity contribution in [2.24, 2.45) is 0 Å². The molecule has 0 aromatic heterocycles. The van der Waals surface area contributed by atoms with Crippen molar-refractivity contribution in [3.05, 3.63) is 90.0 Å². The van der Waals surface area contributed by atoms with E-state index in [1.165, 1.54) is 24.8 Å². The molecule has 0 fully saturated rings.